The van der Waals surface area contributed by atoms with E-state index in [1.807, 2.05) is 0 Å². The Labute approximate surface area is 145 Å². The number of amides is 1. The molecular formula is C21H28N2O. The molecule has 5 rings (SSSR count). The Balaban J connectivity index is 1.25. The van der Waals surface area contributed by atoms with Crippen molar-refractivity contribution in [3.05, 3.63) is 35.4 Å². The van der Waals surface area contributed by atoms with Gasteiger partial charge in [-0.25, -0.2) is 0 Å². The van der Waals surface area contributed by atoms with E-state index in [0.29, 0.717) is 11.8 Å². The molecule has 3 saturated heterocycles. The van der Waals surface area contributed by atoms with Crippen LogP contribution in [0.15, 0.2) is 24.3 Å². The first-order chi connectivity index (χ1) is 11.7. The molecule has 1 aromatic rings. The number of benzene rings is 1. The fraction of sp³-hybridized carbons (Fsp3) is 0.667. The molecule has 0 spiro atoms. The van der Waals surface area contributed by atoms with E-state index in [9.17, 15) is 4.79 Å². The number of piperidine rings is 1. The number of hydrogen-bond donors (Lipinski definition) is 0. The van der Waals surface area contributed by atoms with E-state index in [1.54, 1.807) is 0 Å². The quantitative estimate of drug-likeness (QED) is 0.835. The highest BCUT2D eigenvalue weighted by atomic mass is 16.2. The highest BCUT2D eigenvalue weighted by molar-refractivity contribution is 5.83. The van der Waals surface area contributed by atoms with Crippen LogP contribution in [-0.4, -0.2) is 47.9 Å². The fourth-order valence-electron chi connectivity index (χ4n) is 5.78. The normalized spacial score (nSPS) is 38.0. The highest BCUT2D eigenvalue weighted by Crippen LogP contribution is 2.50. The van der Waals surface area contributed by atoms with Gasteiger partial charge in [0.05, 0.1) is 0 Å². The molecular weight excluding hydrogens is 296 g/mol. The van der Waals surface area contributed by atoms with Crippen molar-refractivity contribution in [3.8, 4) is 0 Å². The van der Waals surface area contributed by atoms with E-state index in [-0.39, 0.29) is 5.92 Å². The lowest BCUT2D eigenvalue weighted by Crippen LogP contribution is -2.41. The molecule has 3 nitrogen and oxygen atoms in total. The van der Waals surface area contributed by atoms with E-state index in [2.05, 4.69) is 41.0 Å². The average Bonchev–Trinajstić information content (AvgIpc) is 3.15. The van der Waals surface area contributed by atoms with Gasteiger partial charge in [0.15, 0.2) is 0 Å². The number of nitrogens with zero attached hydrogens (tertiary/aromatic N) is 2. The summed E-state index contributed by atoms with van der Waals surface area (Å²) in [5.74, 6) is 2.68. The summed E-state index contributed by atoms with van der Waals surface area (Å²) < 4.78 is 0. The number of hydrogen-bond acceptors (Lipinski definition) is 2. The number of aryl methyl sites for hydroxylation is 1. The smallest absolute Gasteiger partial charge is 0.226 e. The van der Waals surface area contributed by atoms with E-state index < -0.39 is 0 Å². The minimum absolute atomic E-state index is 0.257. The molecule has 3 heterocycles. The molecule has 128 valence electrons. The second-order valence-corrected chi connectivity index (χ2v) is 8.53. The van der Waals surface area contributed by atoms with Crippen LogP contribution in [0.25, 0.3) is 0 Å². The van der Waals surface area contributed by atoms with Gasteiger partial charge in [-0.1, -0.05) is 30.7 Å². The predicted octanol–water partition coefficient (Wildman–Crippen LogP) is 3.04. The van der Waals surface area contributed by atoms with Crippen molar-refractivity contribution in [2.75, 3.05) is 26.2 Å². The molecule has 4 aliphatic rings. The standard InChI is InChI=1S/C21H28N2O/c1-14-6-2-3-7-16(14)17-10-18(17)21(24)23-12-15-11-22-9-5-4-8-20(22)19(15)13-23/h2-3,6-7,15,17-20H,4-5,8-13H2,1H3/t15-,17-,18-,19+,20+/m0/s1. The third kappa shape index (κ3) is 2.32. The minimum atomic E-state index is 0.257. The molecule has 0 radical (unpaired) electrons. The van der Waals surface area contributed by atoms with Crippen LogP contribution in [0.2, 0.25) is 0 Å². The van der Waals surface area contributed by atoms with Crippen LogP contribution >= 0.6 is 0 Å². The van der Waals surface area contributed by atoms with Gasteiger partial charge in [0.25, 0.3) is 0 Å². The zero-order chi connectivity index (χ0) is 16.3. The lowest BCUT2D eigenvalue weighted by Gasteiger charge is -2.33. The van der Waals surface area contributed by atoms with Gasteiger partial charge < -0.3 is 4.90 Å². The molecule has 0 unspecified atom stereocenters. The first-order valence-corrected chi connectivity index (χ1v) is 9.81. The van der Waals surface area contributed by atoms with Crippen molar-refractivity contribution in [1.82, 2.24) is 9.80 Å². The molecule has 0 N–H and O–H groups in total. The molecule has 0 aromatic heterocycles. The van der Waals surface area contributed by atoms with Crippen LogP contribution in [0.5, 0.6) is 0 Å². The summed E-state index contributed by atoms with van der Waals surface area (Å²) in [5, 5.41) is 0. The second-order valence-electron chi connectivity index (χ2n) is 8.53. The maximum Gasteiger partial charge on any atom is 0.226 e. The van der Waals surface area contributed by atoms with Gasteiger partial charge in [-0.2, -0.15) is 0 Å². The Kier molecular flexibility index (Phi) is 3.48. The number of carbonyl (C=O) groups is 1. The summed E-state index contributed by atoms with van der Waals surface area (Å²) in [6, 6.07) is 9.36. The molecule has 0 bridgehead atoms. The monoisotopic (exact) mass is 324 g/mol. The van der Waals surface area contributed by atoms with E-state index in [4.69, 9.17) is 0 Å². The average molecular weight is 324 g/mol. The predicted molar refractivity (Wildman–Crippen MR) is 94.8 cm³/mol. The Morgan fingerprint density at radius 2 is 2.00 bits per heavy atom. The largest absolute Gasteiger partial charge is 0.342 e. The summed E-state index contributed by atoms with van der Waals surface area (Å²) in [6.45, 7) is 6.76. The van der Waals surface area contributed by atoms with Crippen LogP contribution in [0, 0.1) is 24.7 Å². The fourth-order valence-corrected chi connectivity index (χ4v) is 5.78. The number of likely N-dealkylation sites (tertiary alicyclic amines) is 1. The van der Waals surface area contributed by atoms with Gasteiger partial charge in [-0.3, -0.25) is 9.69 Å². The topological polar surface area (TPSA) is 23.6 Å². The van der Waals surface area contributed by atoms with Crippen molar-refractivity contribution < 1.29 is 4.79 Å². The molecule has 24 heavy (non-hydrogen) atoms. The first-order valence-electron chi connectivity index (χ1n) is 9.81. The molecule has 3 aliphatic heterocycles. The third-order valence-electron chi connectivity index (χ3n) is 7.13. The molecule has 4 fully saturated rings. The summed E-state index contributed by atoms with van der Waals surface area (Å²) in [5.41, 5.74) is 2.74. The van der Waals surface area contributed by atoms with E-state index in [0.717, 1.165) is 37.4 Å². The first kappa shape index (κ1) is 14.9. The second kappa shape index (κ2) is 5.59. The SMILES string of the molecule is Cc1ccccc1[C@@H]1C[C@@H]1C(=O)N1C[C@@H]2CN3CCCC[C@@H]3[C@@H]2C1. The minimum Gasteiger partial charge on any atom is -0.342 e. The molecule has 1 amide bonds. The van der Waals surface area contributed by atoms with Crippen molar-refractivity contribution >= 4 is 5.91 Å². The molecule has 1 saturated carbocycles. The molecule has 1 aromatic carbocycles. The van der Waals surface area contributed by atoms with Gasteiger partial charge in [0.2, 0.25) is 5.91 Å². The Morgan fingerprint density at radius 1 is 1.12 bits per heavy atom. The molecule has 3 heteroatoms. The maximum absolute atomic E-state index is 13.0. The summed E-state index contributed by atoms with van der Waals surface area (Å²) in [4.78, 5) is 17.9. The van der Waals surface area contributed by atoms with Gasteiger partial charge in [0, 0.05) is 31.6 Å². The van der Waals surface area contributed by atoms with Crippen LogP contribution in [0.4, 0.5) is 0 Å². The van der Waals surface area contributed by atoms with E-state index in [1.165, 1.54) is 43.5 Å². The van der Waals surface area contributed by atoms with Crippen LogP contribution in [0.3, 0.4) is 0 Å². The summed E-state index contributed by atoms with van der Waals surface area (Å²) >= 11 is 0. The summed E-state index contributed by atoms with van der Waals surface area (Å²) in [6.07, 6.45) is 5.18. The Bertz CT molecular complexity index is 657. The number of rotatable bonds is 2. The van der Waals surface area contributed by atoms with Gasteiger partial charge >= 0.3 is 0 Å². The highest BCUT2D eigenvalue weighted by Gasteiger charge is 2.52. The van der Waals surface area contributed by atoms with Gasteiger partial charge in [0.1, 0.15) is 0 Å². The number of fused-ring (bicyclic) bond motifs is 3. The third-order valence-corrected chi connectivity index (χ3v) is 7.13. The van der Waals surface area contributed by atoms with Crippen molar-refractivity contribution in [2.24, 2.45) is 17.8 Å². The lowest BCUT2D eigenvalue weighted by atomic mass is 9.90. The Hall–Kier alpha value is -1.35. The summed E-state index contributed by atoms with van der Waals surface area (Å²) in [7, 11) is 0. The maximum atomic E-state index is 13.0. The van der Waals surface area contributed by atoms with Crippen LogP contribution < -0.4 is 0 Å². The number of carbonyl (C=O) groups excluding carboxylic acids is 1. The van der Waals surface area contributed by atoms with Gasteiger partial charge in [-0.05, 0) is 61.6 Å². The Morgan fingerprint density at radius 3 is 2.88 bits per heavy atom. The van der Waals surface area contributed by atoms with Crippen molar-refractivity contribution in [2.45, 2.75) is 44.6 Å². The molecule has 1 aliphatic carbocycles. The lowest BCUT2D eigenvalue weighted by molar-refractivity contribution is -0.132. The van der Waals surface area contributed by atoms with Crippen molar-refractivity contribution in [3.63, 3.8) is 0 Å². The van der Waals surface area contributed by atoms with Gasteiger partial charge in [-0.15, -0.1) is 0 Å². The van der Waals surface area contributed by atoms with Crippen LogP contribution in [0.1, 0.15) is 42.7 Å². The molecule has 5 atom stereocenters. The zero-order valence-corrected chi connectivity index (χ0v) is 14.7. The zero-order valence-electron chi connectivity index (χ0n) is 14.7. The van der Waals surface area contributed by atoms with E-state index >= 15 is 0 Å². The van der Waals surface area contributed by atoms with Crippen molar-refractivity contribution in [1.29, 1.82) is 0 Å². The van der Waals surface area contributed by atoms with Crippen LogP contribution in [-0.2, 0) is 4.79 Å².